The second-order valence-corrected chi connectivity index (χ2v) is 7.13. The molecule has 5 heteroatoms. The molecule has 28 heavy (non-hydrogen) atoms. The molecule has 0 spiro atoms. The van der Waals surface area contributed by atoms with Gasteiger partial charge in [-0.1, -0.05) is 49.4 Å². The zero-order chi connectivity index (χ0) is 20.5. The summed E-state index contributed by atoms with van der Waals surface area (Å²) in [6.07, 6.45) is 1.74. The van der Waals surface area contributed by atoms with Gasteiger partial charge in [0.2, 0.25) is 11.8 Å². The van der Waals surface area contributed by atoms with E-state index in [4.69, 9.17) is 0 Å². The number of carbonyl (C=O) groups excluding carboxylic acids is 2. The van der Waals surface area contributed by atoms with E-state index in [1.165, 1.54) is 12.1 Å². The first-order chi connectivity index (χ1) is 13.4. The fraction of sp³-hybridized carbons (Fsp3) is 0.391. The maximum Gasteiger partial charge on any atom is 0.242 e. The molecule has 0 unspecified atom stereocenters. The van der Waals surface area contributed by atoms with Crippen LogP contribution in [0.1, 0.15) is 44.7 Å². The van der Waals surface area contributed by atoms with E-state index in [0.29, 0.717) is 12.8 Å². The second kappa shape index (κ2) is 10.6. The van der Waals surface area contributed by atoms with E-state index >= 15 is 0 Å². The van der Waals surface area contributed by atoms with Gasteiger partial charge in [-0.15, -0.1) is 0 Å². The van der Waals surface area contributed by atoms with Crippen molar-refractivity contribution >= 4 is 11.8 Å². The predicted molar refractivity (Wildman–Crippen MR) is 109 cm³/mol. The lowest BCUT2D eigenvalue weighted by molar-refractivity contribution is -0.140. The van der Waals surface area contributed by atoms with Crippen LogP contribution in [0.25, 0.3) is 0 Å². The minimum Gasteiger partial charge on any atom is -0.352 e. The van der Waals surface area contributed by atoms with E-state index < -0.39 is 6.04 Å². The number of nitrogens with zero attached hydrogens (tertiary/aromatic N) is 1. The molecule has 0 saturated carbocycles. The van der Waals surface area contributed by atoms with Crippen molar-refractivity contribution in [3.63, 3.8) is 0 Å². The summed E-state index contributed by atoms with van der Waals surface area (Å²) < 4.78 is 13.2. The molecule has 0 aliphatic heterocycles. The molecule has 1 N–H and O–H groups in total. The van der Waals surface area contributed by atoms with Gasteiger partial charge >= 0.3 is 0 Å². The monoisotopic (exact) mass is 384 g/mol. The predicted octanol–water partition coefficient (Wildman–Crippen LogP) is 4.09. The standard InChI is InChI=1S/C23H29FN2O2/c1-4-17(2)25-23(28)18(3)26(16-20-10-13-21(24)14-11-20)22(27)15-12-19-8-6-5-7-9-19/h5-11,13-14,17-18H,4,12,15-16H2,1-3H3,(H,25,28)/t17-,18-/m0/s1. The van der Waals surface area contributed by atoms with Crippen LogP contribution < -0.4 is 5.32 Å². The maximum absolute atomic E-state index is 13.2. The largest absolute Gasteiger partial charge is 0.352 e. The molecule has 0 aliphatic rings. The summed E-state index contributed by atoms with van der Waals surface area (Å²) >= 11 is 0. The van der Waals surface area contributed by atoms with Crippen molar-refractivity contribution in [1.29, 1.82) is 0 Å². The third-order valence-corrected chi connectivity index (χ3v) is 4.90. The average molecular weight is 384 g/mol. The minimum atomic E-state index is -0.609. The van der Waals surface area contributed by atoms with Crippen LogP contribution in [0.3, 0.4) is 0 Å². The molecule has 2 rings (SSSR count). The lowest BCUT2D eigenvalue weighted by atomic mass is 10.1. The van der Waals surface area contributed by atoms with Gasteiger partial charge in [-0.3, -0.25) is 9.59 Å². The number of carbonyl (C=O) groups is 2. The molecule has 4 nitrogen and oxygen atoms in total. The number of hydrogen-bond donors (Lipinski definition) is 1. The van der Waals surface area contributed by atoms with Crippen LogP contribution in [0.15, 0.2) is 54.6 Å². The Labute approximate surface area is 166 Å². The molecular weight excluding hydrogens is 355 g/mol. The van der Waals surface area contributed by atoms with Crippen LogP contribution in [0.5, 0.6) is 0 Å². The highest BCUT2D eigenvalue weighted by Crippen LogP contribution is 2.14. The summed E-state index contributed by atoms with van der Waals surface area (Å²) in [4.78, 5) is 27.2. The molecule has 0 aromatic heterocycles. The zero-order valence-corrected chi connectivity index (χ0v) is 16.8. The number of benzene rings is 2. The maximum atomic E-state index is 13.2. The van der Waals surface area contributed by atoms with Crippen LogP contribution in [0.4, 0.5) is 4.39 Å². The van der Waals surface area contributed by atoms with Gasteiger partial charge in [0.1, 0.15) is 11.9 Å². The Kier molecular flexibility index (Phi) is 8.18. The SMILES string of the molecule is CC[C@H](C)NC(=O)[C@H](C)N(Cc1ccc(F)cc1)C(=O)CCc1ccccc1. The van der Waals surface area contributed by atoms with E-state index in [-0.39, 0.29) is 30.2 Å². The summed E-state index contributed by atoms with van der Waals surface area (Å²) in [5.41, 5.74) is 1.87. The van der Waals surface area contributed by atoms with Crippen molar-refractivity contribution in [2.45, 2.75) is 58.7 Å². The third kappa shape index (κ3) is 6.48. The Hall–Kier alpha value is -2.69. The third-order valence-electron chi connectivity index (χ3n) is 4.90. The Morgan fingerprint density at radius 3 is 2.25 bits per heavy atom. The van der Waals surface area contributed by atoms with Gasteiger partial charge in [0.15, 0.2) is 0 Å². The van der Waals surface area contributed by atoms with Crippen LogP contribution in [0.2, 0.25) is 0 Å². The van der Waals surface area contributed by atoms with Gasteiger partial charge in [-0.05, 0) is 49.9 Å². The summed E-state index contributed by atoms with van der Waals surface area (Å²) in [7, 11) is 0. The van der Waals surface area contributed by atoms with Crippen molar-refractivity contribution in [3.05, 3.63) is 71.5 Å². The van der Waals surface area contributed by atoms with Gasteiger partial charge in [-0.2, -0.15) is 0 Å². The Balaban J connectivity index is 2.12. The highest BCUT2D eigenvalue weighted by molar-refractivity contribution is 5.87. The number of amides is 2. The van der Waals surface area contributed by atoms with E-state index in [0.717, 1.165) is 17.5 Å². The minimum absolute atomic E-state index is 0.0436. The fourth-order valence-corrected chi connectivity index (χ4v) is 2.87. The van der Waals surface area contributed by atoms with Crippen molar-refractivity contribution in [2.24, 2.45) is 0 Å². The Morgan fingerprint density at radius 2 is 1.64 bits per heavy atom. The summed E-state index contributed by atoms with van der Waals surface area (Å²) in [6, 6.07) is 15.2. The number of aryl methyl sites for hydroxylation is 1. The van der Waals surface area contributed by atoms with Crippen LogP contribution >= 0.6 is 0 Å². The first-order valence-corrected chi connectivity index (χ1v) is 9.79. The molecule has 2 aromatic rings. The molecular formula is C23H29FN2O2. The Morgan fingerprint density at radius 1 is 1.00 bits per heavy atom. The normalized spacial score (nSPS) is 12.9. The van der Waals surface area contributed by atoms with E-state index in [2.05, 4.69) is 5.32 Å². The molecule has 0 saturated heterocycles. The fourth-order valence-electron chi connectivity index (χ4n) is 2.87. The van der Waals surface area contributed by atoms with Gasteiger partial charge in [-0.25, -0.2) is 4.39 Å². The van der Waals surface area contributed by atoms with Crippen LogP contribution in [-0.4, -0.2) is 28.8 Å². The van der Waals surface area contributed by atoms with Crippen LogP contribution in [-0.2, 0) is 22.6 Å². The number of hydrogen-bond acceptors (Lipinski definition) is 2. The number of halogens is 1. The smallest absolute Gasteiger partial charge is 0.242 e. The van der Waals surface area contributed by atoms with Gasteiger partial charge in [0.05, 0.1) is 0 Å². The van der Waals surface area contributed by atoms with Gasteiger partial charge < -0.3 is 10.2 Å². The van der Waals surface area contributed by atoms with E-state index in [1.807, 2.05) is 44.2 Å². The van der Waals surface area contributed by atoms with Crippen molar-refractivity contribution in [3.8, 4) is 0 Å². The van der Waals surface area contributed by atoms with Crippen molar-refractivity contribution in [2.75, 3.05) is 0 Å². The molecule has 150 valence electrons. The van der Waals surface area contributed by atoms with Crippen molar-refractivity contribution in [1.82, 2.24) is 10.2 Å². The van der Waals surface area contributed by atoms with E-state index in [1.54, 1.807) is 24.0 Å². The number of nitrogens with one attached hydrogen (secondary N) is 1. The first-order valence-electron chi connectivity index (χ1n) is 9.79. The number of rotatable bonds is 9. The summed E-state index contributed by atoms with van der Waals surface area (Å²) in [6.45, 7) is 5.94. The molecule has 2 amide bonds. The lowest BCUT2D eigenvalue weighted by Gasteiger charge is -2.29. The molecule has 0 heterocycles. The van der Waals surface area contributed by atoms with E-state index in [9.17, 15) is 14.0 Å². The second-order valence-electron chi connectivity index (χ2n) is 7.13. The molecule has 2 atom stereocenters. The molecule has 0 bridgehead atoms. The Bertz CT molecular complexity index is 762. The van der Waals surface area contributed by atoms with Gasteiger partial charge in [0.25, 0.3) is 0 Å². The first kappa shape index (κ1) is 21.6. The van der Waals surface area contributed by atoms with Gasteiger partial charge in [0, 0.05) is 19.0 Å². The topological polar surface area (TPSA) is 49.4 Å². The highest BCUT2D eigenvalue weighted by Gasteiger charge is 2.26. The molecule has 0 aliphatic carbocycles. The summed E-state index contributed by atoms with van der Waals surface area (Å²) in [5, 5.41) is 2.94. The average Bonchev–Trinajstić information content (AvgIpc) is 2.71. The highest BCUT2D eigenvalue weighted by atomic mass is 19.1. The quantitative estimate of drug-likeness (QED) is 0.708. The molecule has 0 radical (unpaired) electrons. The zero-order valence-electron chi connectivity index (χ0n) is 16.8. The van der Waals surface area contributed by atoms with Crippen molar-refractivity contribution < 1.29 is 14.0 Å². The molecule has 0 fully saturated rings. The molecule has 2 aromatic carbocycles. The summed E-state index contributed by atoms with van der Waals surface area (Å²) in [5.74, 6) is -0.599. The lowest BCUT2D eigenvalue weighted by Crippen LogP contribution is -2.49. The van der Waals surface area contributed by atoms with Crippen LogP contribution in [0, 0.1) is 5.82 Å².